The van der Waals surface area contributed by atoms with Gasteiger partial charge >= 0.3 is 5.97 Å². The molecule has 17 heavy (non-hydrogen) atoms. The lowest BCUT2D eigenvalue weighted by atomic mass is 10.2. The Morgan fingerprint density at radius 1 is 1.47 bits per heavy atom. The molecule has 88 valence electrons. The van der Waals surface area contributed by atoms with Gasteiger partial charge in [-0.3, -0.25) is 4.79 Å². The molecule has 0 fully saturated rings. The maximum atomic E-state index is 13.4. The van der Waals surface area contributed by atoms with E-state index in [2.05, 4.69) is 4.98 Å². The van der Waals surface area contributed by atoms with Gasteiger partial charge in [-0.2, -0.15) is 0 Å². The van der Waals surface area contributed by atoms with Gasteiger partial charge in [-0.15, -0.1) is 0 Å². The van der Waals surface area contributed by atoms with Crippen LogP contribution in [0.5, 0.6) is 0 Å². The molecule has 2 aromatic rings. The monoisotopic (exact) mass is 235 g/mol. The maximum Gasteiger partial charge on any atom is 0.354 e. The highest BCUT2D eigenvalue weighted by molar-refractivity contribution is 5.91. The largest absolute Gasteiger partial charge is 0.461 e. The van der Waals surface area contributed by atoms with Crippen molar-refractivity contribution in [1.82, 2.24) is 4.98 Å². The first kappa shape index (κ1) is 11.3. The summed E-state index contributed by atoms with van der Waals surface area (Å²) in [6, 6.07) is 5.23. The van der Waals surface area contributed by atoms with E-state index in [1.54, 1.807) is 6.92 Å². The molecule has 1 N–H and O–H groups in total. The summed E-state index contributed by atoms with van der Waals surface area (Å²) < 4.78 is 18.2. The van der Waals surface area contributed by atoms with Crippen molar-refractivity contribution in [2.45, 2.75) is 6.92 Å². The molecule has 0 aliphatic carbocycles. The van der Waals surface area contributed by atoms with Crippen LogP contribution in [0.2, 0.25) is 0 Å². The van der Waals surface area contributed by atoms with E-state index in [0.717, 1.165) is 6.07 Å². The van der Waals surface area contributed by atoms with Crippen LogP contribution in [0.15, 0.2) is 29.1 Å². The van der Waals surface area contributed by atoms with Crippen LogP contribution >= 0.6 is 0 Å². The second-order valence-corrected chi connectivity index (χ2v) is 3.43. The van der Waals surface area contributed by atoms with Crippen LogP contribution in [0.1, 0.15) is 17.4 Å². The fraction of sp³-hybridized carbons (Fsp3) is 0.167. The fourth-order valence-corrected chi connectivity index (χ4v) is 1.58. The third-order valence-electron chi connectivity index (χ3n) is 2.30. The van der Waals surface area contributed by atoms with Crippen molar-refractivity contribution in [2.24, 2.45) is 0 Å². The first-order valence-electron chi connectivity index (χ1n) is 5.12. The maximum absolute atomic E-state index is 13.4. The van der Waals surface area contributed by atoms with Crippen molar-refractivity contribution in [2.75, 3.05) is 6.61 Å². The number of esters is 1. The highest BCUT2D eigenvalue weighted by atomic mass is 19.1. The summed E-state index contributed by atoms with van der Waals surface area (Å²) in [5.41, 5.74) is -0.240. The van der Waals surface area contributed by atoms with Crippen molar-refractivity contribution in [3.63, 3.8) is 0 Å². The van der Waals surface area contributed by atoms with Crippen LogP contribution < -0.4 is 5.43 Å². The molecule has 0 aliphatic rings. The number of fused-ring (bicyclic) bond motifs is 1. The van der Waals surface area contributed by atoms with Gasteiger partial charge in [0.25, 0.3) is 0 Å². The third kappa shape index (κ3) is 2.04. The number of halogens is 1. The quantitative estimate of drug-likeness (QED) is 0.808. The molecule has 0 aliphatic heterocycles. The molecular formula is C12H10FNO3. The predicted octanol–water partition coefficient (Wildman–Crippen LogP) is 1.84. The zero-order valence-corrected chi connectivity index (χ0v) is 9.12. The Bertz CT molecular complexity index is 633. The van der Waals surface area contributed by atoms with Crippen molar-refractivity contribution in [3.8, 4) is 0 Å². The Morgan fingerprint density at radius 3 is 2.94 bits per heavy atom. The number of carbonyl (C=O) groups is 1. The molecule has 0 spiro atoms. The van der Waals surface area contributed by atoms with Gasteiger partial charge in [0, 0.05) is 6.07 Å². The van der Waals surface area contributed by atoms with Crippen LogP contribution in [0.3, 0.4) is 0 Å². The van der Waals surface area contributed by atoms with Crippen LogP contribution in [0, 0.1) is 5.82 Å². The summed E-state index contributed by atoms with van der Waals surface area (Å²) in [6.07, 6.45) is 0. The first-order chi connectivity index (χ1) is 8.13. The lowest BCUT2D eigenvalue weighted by Crippen LogP contribution is -2.13. The molecule has 4 nitrogen and oxygen atoms in total. The second-order valence-electron chi connectivity index (χ2n) is 3.43. The Kier molecular flexibility index (Phi) is 2.91. The van der Waals surface area contributed by atoms with Gasteiger partial charge in [-0.1, -0.05) is 6.07 Å². The van der Waals surface area contributed by atoms with Gasteiger partial charge in [-0.25, -0.2) is 9.18 Å². The molecule has 0 saturated heterocycles. The Morgan fingerprint density at radius 2 is 2.24 bits per heavy atom. The molecule has 1 aromatic carbocycles. The summed E-state index contributed by atoms with van der Waals surface area (Å²) >= 11 is 0. The summed E-state index contributed by atoms with van der Waals surface area (Å²) in [4.78, 5) is 25.8. The normalized spacial score (nSPS) is 10.5. The molecule has 0 bridgehead atoms. The summed E-state index contributed by atoms with van der Waals surface area (Å²) in [7, 11) is 0. The summed E-state index contributed by atoms with van der Waals surface area (Å²) in [5, 5.41) is -0.0550. The van der Waals surface area contributed by atoms with E-state index < -0.39 is 17.2 Å². The second kappa shape index (κ2) is 4.37. The Hall–Kier alpha value is -2.17. The number of benzene rings is 1. The van der Waals surface area contributed by atoms with E-state index in [1.807, 2.05) is 0 Å². The summed E-state index contributed by atoms with van der Waals surface area (Å²) in [6.45, 7) is 1.87. The highest BCUT2D eigenvalue weighted by Crippen LogP contribution is 2.12. The molecule has 1 heterocycles. The van der Waals surface area contributed by atoms with Gasteiger partial charge in [0.2, 0.25) is 0 Å². The lowest BCUT2D eigenvalue weighted by Gasteiger charge is -2.04. The standard InChI is InChI=1S/C12H10FNO3/c1-2-17-12(16)9-6-10(15)11-7(13)4-3-5-8(11)14-9/h3-6H,2H2,1H3,(H,14,15). The smallest absolute Gasteiger partial charge is 0.354 e. The van der Waals surface area contributed by atoms with Crippen molar-refractivity contribution >= 4 is 16.9 Å². The van der Waals surface area contributed by atoms with Crippen LogP contribution in [-0.2, 0) is 4.74 Å². The predicted molar refractivity (Wildman–Crippen MR) is 60.5 cm³/mol. The van der Waals surface area contributed by atoms with Crippen molar-refractivity contribution in [1.29, 1.82) is 0 Å². The van der Waals surface area contributed by atoms with Gasteiger partial charge in [0.05, 0.1) is 17.5 Å². The molecule has 0 atom stereocenters. The van der Waals surface area contributed by atoms with E-state index in [9.17, 15) is 14.0 Å². The number of rotatable bonds is 2. The van der Waals surface area contributed by atoms with Gasteiger partial charge < -0.3 is 9.72 Å². The molecule has 5 heteroatoms. The van der Waals surface area contributed by atoms with Crippen molar-refractivity contribution in [3.05, 3.63) is 46.0 Å². The summed E-state index contributed by atoms with van der Waals surface area (Å²) in [5.74, 6) is -1.24. The number of H-pyrrole nitrogens is 1. The van der Waals surface area contributed by atoms with E-state index in [4.69, 9.17) is 4.74 Å². The lowest BCUT2D eigenvalue weighted by molar-refractivity contribution is 0.0520. The van der Waals surface area contributed by atoms with E-state index in [0.29, 0.717) is 0 Å². The molecule has 0 radical (unpaired) electrons. The van der Waals surface area contributed by atoms with Crippen LogP contribution in [0.4, 0.5) is 4.39 Å². The molecule has 2 rings (SSSR count). The van der Waals surface area contributed by atoms with Gasteiger partial charge in [0.15, 0.2) is 5.43 Å². The average molecular weight is 235 g/mol. The van der Waals surface area contributed by atoms with Crippen LogP contribution in [-0.4, -0.2) is 17.6 Å². The third-order valence-corrected chi connectivity index (χ3v) is 2.30. The number of aromatic amines is 1. The zero-order valence-electron chi connectivity index (χ0n) is 9.12. The fourth-order valence-electron chi connectivity index (χ4n) is 1.58. The number of hydrogen-bond acceptors (Lipinski definition) is 3. The van der Waals surface area contributed by atoms with Gasteiger partial charge in [-0.05, 0) is 19.1 Å². The van der Waals surface area contributed by atoms with Crippen LogP contribution in [0.25, 0.3) is 10.9 Å². The van der Waals surface area contributed by atoms with Crippen molar-refractivity contribution < 1.29 is 13.9 Å². The topological polar surface area (TPSA) is 59.2 Å². The molecule has 0 saturated carbocycles. The number of nitrogens with one attached hydrogen (secondary N) is 1. The number of pyridine rings is 1. The molecular weight excluding hydrogens is 225 g/mol. The minimum Gasteiger partial charge on any atom is -0.461 e. The van der Waals surface area contributed by atoms with Gasteiger partial charge in [0.1, 0.15) is 11.5 Å². The van der Waals surface area contributed by atoms with E-state index in [-0.39, 0.29) is 23.2 Å². The number of ether oxygens (including phenoxy) is 1. The Balaban J connectivity index is 2.65. The molecule has 0 unspecified atom stereocenters. The first-order valence-corrected chi connectivity index (χ1v) is 5.12. The minimum absolute atomic E-state index is 0.0231. The number of hydrogen-bond donors (Lipinski definition) is 1. The minimum atomic E-state index is -0.629. The molecule has 0 amide bonds. The van der Waals surface area contributed by atoms with E-state index >= 15 is 0 Å². The highest BCUT2D eigenvalue weighted by Gasteiger charge is 2.12. The average Bonchev–Trinajstić information content (AvgIpc) is 2.29. The SMILES string of the molecule is CCOC(=O)c1cc(=O)c2c(F)cccc2[nH]1. The number of aromatic nitrogens is 1. The Labute approximate surface area is 96.0 Å². The number of carbonyl (C=O) groups excluding carboxylic acids is 1. The molecule has 1 aromatic heterocycles. The zero-order chi connectivity index (χ0) is 12.4. The van der Waals surface area contributed by atoms with E-state index in [1.165, 1.54) is 18.2 Å².